The van der Waals surface area contributed by atoms with E-state index in [1.807, 2.05) is 24.3 Å². The Kier molecular flexibility index (Phi) is 7.92. The van der Waals surface area contributed by atoms with Gasteiger partial charge in [-0.3, -0.25) is 0 Å². The first kappa shape index (κ1) is 18.8. The number of allylic oxidation sites excluding steroid dienone is 2. The largest absolute Gasteiger partial charge is 0.508 e. The number of hydrogen-bond acceptors (Lipinski definition) is 3. The number of ether oxygens (including phenoxy) is 1. The lowest BCUT2D eigenvalue weighted by molar-refractivity contribution is 0.277. The predicted octanol–water partition coefficient (Wildman–Crippen LogP) is 5.09. The summed E-state index contributed by atoms with van der Waals surface area (Å²) < 4.78 is 4.25. The summed E-state index contributed by atoms with van der Waals surface area (Å²) in [6, 6.07) is 14.7. The molecule has 3 heteroatoms. The first-order chi connectivity index (χ1) is 11.1. The third-order valence-corrected chi connectivity index (χ3v) is 3.50. The summed E-state index contributed by atoms with van der Waals surface area (Å²) in [6.07, 6.45) is 1.85. The summed E-state index contributed by atoms with van der Waals surface area (Å²) in [7, 11) is 3.25. The molecule has 23 heavy (non-hydrogen) atoms. The van der Waals surface area contributed by atoms with Crippen LogP contribution in [0.25, 0.3) is 11.1 Å². The smallest absolute Gasteiger partial charge is 0.115 e. The highest BCUT2D eigenvalue weighted by atomic mass is 16.4. The van der Waals surface area contributed by atoms with Crippen LogP contribution in [0.1, 0.15) is 37.8 Å². The van der Waals surface area contributed by atoms with E-state index in [1.165, 1.54) is 11.1 Å². The van der Waals surface area contributed by atoms with E-state index in [0.717, 1.165) is 24.0 Å². The Morgan fingerprint density at radius 1 is 0.696 bits per heavy atom. The molecule has 0 atom stereocenters. The molecule has 3 nitrogen and oxygen atoms in total. The summed E-state index contributed by atoms with van der Waals surface area (Å²) in [5, 5.41) is 18.8. The van der Waals surface area contributed by atoms with E-state index in [1.54, 1.807) is 38.5 Å². The van der Waals surface area contributed by atoms with E-state index in [-0.39, 0.29) is 11.5 Å². The molecule has 0 aliphatic rings. The zero-order chi connectivity index (χ0) is 17.2. The molecule has 2 aromatic carbocycles. The average molecular weight is 314 g/mol. The fourth-order valence-electron chi connectivity index (χ4n) is 2.51. The average Bonchev–Trinajstić information content (AvgIpc) is 2.55. The standard InChI is InChI=1S/C18H20O2.C2H6O/c1-3-17(13-5-9-15(19)10-6-13)18(4-2)14-7-11-16(20)12-8-14;1-3-2/h5-12,19-20H,3-4H2,1-2H3;1-2H3/b18-17-;. The van der Waals surface area contributed by atoms with Gasteiger partial charge in [-0.25, -0.2) is 0 Å². The van der Waals surface area contributed by atoms with Crippen LogP contribution < -0.4 is 0 Å². The molecule has 0 fully saturated rings. The maximum absolute atomic E-state index is 9.41. The van der Waals surface area contributed by atoms with Gasteiger partial charge in [0.25, 0.3) is 0 Å². The number of rotatable bonds is 4. The van der Waals surface area contributed by atoms with Crippen LogP contribution in [-0.2, 0) is 4.74 Å². The van der Waals surface area contributed by atoms with Crippen molar-refractivity contribution in [2.24, 2.45) is 0 Å². The van der Waals surface area contributed by atoms with E-state index in [4.69, 9.17) is 0 Å². The van der Waals surface area contributed by atoms with E-state index in [2.05, 4.69) is 18.6 Å². The Hall–Kier alpha value is -2.26. The van der Waals surface area contributed by atoms with Crippen LogP contribution in [0.3, 0.4) is 0 Å². The van der Waals surface area contributed by atoms with Gasteiger partial charge in [-0.1, -0.05) is 38.1 Å². The zero-order valence-corrected chi connectivity index (χ0v) is 14.3. The number of methoxy groups -OCH3 is 1. The van der Waals surface area contributed by atoms with Crippen LogP contribution in [-0.4, -0.2) is 24.4 Å². The Morgan fingerprint density at radius 2 is 0.957 bits per heavy atom. The van der Waals surface area contributed by atoms with Crippen LogP contribution in [0.4, 0.5) is 0 Å². The molecule has 0 bridgehead atoms. The van der Waals surface area contributed by atoms with E-state index >= 15 is 0 Å². The van der Waals surface area contributed by atoms with Gasteiger partial charge in [0.15, 0.2) is 0 Å². The molecule has 0 saturated heterocycles. The van der Waals surface area contributed by atoms with Crippen molar-refractivity contribution >= 4 is 11.1 Å². The maximum atomic E-state index is 9.41. The molecule has 0 radical (unpaired) electrons. The van der Waals surface area contributed by atoms with Crippen LogP contribution in [0.15, 0.2) is 48.5 Å². The van der Waals surface area contributed by atoms with Gasteiger partial charge in [0.2, 0.25) is 0 Å². The third kappa shape index (κ3) is 5.46. The van der Waals surface area contributed by atoms with Gasteiger partial charge in [0, 0.05) is 14.2 Å². The molecular weight excluding hydrogens is 288 g/mol. The lowest BCUT2D eigenvalue weighted by atomic mass is 9.91. The van der Waals surface area contributed by atoms with E-state index in [0.29, 0.717) is 0 Å². The van der Waals surface area contributed by atoms with Crippen LogP contribution in [0.5, 0.6) is 11.5 Å². The second-order valence-electron chi connectivity index (χ2n) is 5.17. The van der Waals surface area contributed by atoms with Gasteiger partial charge >= 0.3 is 0 Å². The van der Waals surface area contributed by atoms with Crippen molar-refractivity contribution in [3.05, 3.63) is 59.7 Å². The summed E-state index contributed by atoms with van der Waals surface area (Å²) in [6.45, 7) is 4.27. The first-order valence-electron chi connectivity index (χ1n) is 7.78. The van der Waals surface area contributed by atoms with Crippen molar-refractivity contribution in [1.82, 2.24) is 0 Å². The number of phenolic OH excluding ortho intramolecular Hbond substituents is 2. The molecule has 0 unspecified atom stereocenters. The minimum atomic E-state index is 0.284. The fraction of sp³-hybridized carbons (Fsp3) is 0.300. The number of benzene rings is 2. The van der Waals surface area contributed by atoms with Crippen molar-refractivity contribution in [2.75, 3.05) is 14.2 Å². The molecular formula is C20H26O3. The zero-order valence-electron chi connectivity index (χ0n) is 14.3. The Bertz CT molecular complexity index is 555. The predicted molar refractivity (Wildman–Crippen MR) is 96.5 cm³/mol. The van der Waals surface area contributed by atoms with Gasteiger partial charge in [-0.15, -0.1) is 0 Å². The second-order valence-corrected chi connectivity index (χ2v) is 5.17. The molecule has 2 N–H and O–H groups in total. The molecule has 0 spiro atoms. The SMILES string of the molecule is CC/C(=C(\CC)c1ccc(O)cc1)c1ccc(O)cc1.COC. The Balaban J connectivity index is 0.000000816. The summed E-state index contributed by atoms with van der Waals surface area (Å²) >= 11 is 0. The topological polar surface area (TPSA) is 49.7 Å². The molecule has 0 aliphatic heterocycles. The van der Waals surface area contributed by atoms with Crippen LogP contribution in [0, 0.1) is 0 Å². The number of hydrogen-bond donors (Lipinski definition) is 2. The van der Waals surface area contributed by atoms with Crippen molar-refractivity contribution in [2.45, 2.75) is 26.7 Å². The highest BCUT2D eigenvalue weighted by molar-refractivity contribution is 5.90. The highest BCUT2D eigenvalue weighted by Crippen LogP contribution is 2.32. The number of phenols is 2. The molecule has 0 saturated carbocycles. The highest BCUT2D eigenvalue weighted by Gasteiger charge is 2.09. The third-order valence-electron chi connectivity index (χ3n) is 3.50. The van der Waals surface area contributed by atoms with Gasteiger partial charge in [0.1, 0.15) is 11.5 Å². The quantitative estimate of drug-likeness (QED) is 0.773. The van der Waals surface area contributed by atoms with Gasteiger partial charge < -0.3 is 14.9 Å². The fourth-order valence-corrected chi connectivity index (χ4v) is 2.51. The molecule has 2 aromatic rings. The maximum Gasteiger partial charge on any atom is 0.115 e. The summed E-state index contributed by atoms with van der Waals surface area (Å²) in [5.41, 5.74) is 4.82. The van der Waals surface area contributed by atoms with Crippen molar-refractivity contribution < 1.29 is 14.9 Å². The molecule has 0 aromatic heterocycles. The lowest BCUT2D eigenvalue weighted by Gasteiger charge is -2.14. The van der Waals surface area contributed by atoms with Gasteiger partial charge in [-0.2, -0.15) is 0 Å². The van der Waals surface area contributed by atoms with Crippen LogP contribution in [0.2, 0.25) is 0 Å². The Labute approximate surface area is 138 Å². The molecule has 2 rings (SSSR count). The Morgan fingerprint density at radius 3 is 1.17 bits per heavy atom. The van der Waals surface area contributed by atoms with Crippen molar-refractivity contribution in [3.8, 4) is 11.5 Å². The molecule has 0 aliphatic carbocycles. The summed E-state index contributed by atoms with van der Waals surface area (Å²) in [5.74, 6) is 0.568. The molecule has 0 heterocycles. The monoisotopic (exact) mass is 314 g/mol. The first-order valence-corrected chi connectivity index (χ1v) is 7.78. The molecule has 124 valence electrons. The van der Waals surface area contributed by atoms with Crippen molar-refractivity contribution in [1.29, 1.82) is 0 Å². The van der Waals surface area contributed by atoms with E-state index < -0.39 is 0 Å². The lowest BCUT2D eigenvalue weighted by Crippen LogP contribution is -1.91. The minimum Gasteiger partial charge on any atom is -0.508 e. The van der Waals surface area contributed by atoms with E-state index in [9.17, 15) is 10.2 Å². The minimum absolute atomic E-state index is 0.284. The summed E-state index contributed by atoms with van der Waals surface area (Å²) in [4.78, 5) is 0. The van der Waals surface area contributed by atoms with Crippen molar-refractivity contribution in [3.63, 3.8) is 0 Å². The van der Waals surface area contributed by atoms with Gasteiger partial charge in [0.05, 0.1) is 0 Å². The number of aromatic hydroxyl groups is 2. The molecule has 0 amide bonds. The second kappa shape index (κ2) is 9.70. The van der Waals surface area contributed by atoms with Crippen LogP contribution >= 0.6 is 0 Å². The van der Waals surface area contributed by atoms with Gasteiger partial charge in [-0.05, 0) is 59.4 Å². The normalized spacial score (nSPS) is 11.3.